The molecule has 186 valence electrons. The van der Waals surface area contributed by atoms with Gasteiger partial charge >= 0.3 is 12.1 Å². The summed E-state index contributed by atoms with van der Waals surface area (Å²) in [4.78, 5) is 54.7. The van der Waals surface area contributed by atoms with E-state index in [-0.39, 0.29) is 33.4 Å². The van der Waals surface area contributed by atoms with Crippen molar-refractivity contribution in [1.82, 2.24) is 9.97 Å². The van der Waals surface area contributed by atoms with Crippen LogP contribution < -0.4 is 5.32 Å². The maximum atomic E-state index is 12.6. The lowest BCUT2D eigenvalue weighted by Crippen LogP contribution is -2.17. The van der Waals surface area contributed by atoms with Crippen LogP contribution in [-0.2, 0) is 15.7 Å². The number of rotatable bonds is 9. The number of ketones is 1. The van der Waals surface area contributed by atoms with E-state index in [2.05, 4.69) is 15.3 Å². The minimum absolute atomic E-state index is 0.00803. The molecule has 10 nitrogen and oxygen atoms in total. The number of amides is 1. The third-order valence-corrected chi connectivity index (χ3v) is 5.41. The maximum absolute atomic E-state index is 12.6. The number of Topliss-reactive ketones (excluding diaryl/α,β-unsaturated/α-hetero) is 1. The molecule has 3 rings (SSSR count). The van der Waals surface area contributed by atoms with Crippen LogP contribution in [0.25, 0.3) is 0 Å². The van der Waals surface area contributed by atoms with Gasteiger partial charge in [0.1, 0.15) is 10.8 Å². The first kappa shape index (κ1) is 26.3. The van der Waals surface area contributed by atoms with Crippen LogP contribution in [-0.4, -0.2) is 44.9 Å². The second kappa shape index (κ2) is 11.4. The van der Waals surface area contributed by atoms with Gasteiger partial charge in [0.25, 0.3) is 5.69 Å². The fourth-order valence-corrected chi connectivity index (χ4v) is 3.48. The Hall–Kier alpha value is -4.33. The van der Waals surface area contributed by atoms with Gasteiger partial charge in [-0.2, -0.15) is 13.2 Å². The number of esters is 1. The standard InChI is InChI=1S/C22H15F3N4O6S/c23-22(24,25)14-6-7-18(27-10-14)28-19(31)12-36-20-16(5-2-8-26-20)21(32)35-11-17(30)13-3-1-4-15(9-13)29(33)34/h1-10H,11-12H2,(H,27,28,31). The number of thioether (sulfide) groups is 1. The summed E-state index contributed by atoms with van der Waals surface area (Å²) < 4.78 is 42.8. The van der Waals surface area contributed by atoms with Crippen LogP contribution in [0.3, 0.4) is 0 Å². The number of aromatic nitrogens is 2. The molecule has 1 amide bonds. The van der Waals surface area contributed by atoms with Crippen LogP contribution in [0, 0.1) is 10.1 Å². The molecule has 3 aromatic rings. The number of hydrogen-bond acceptors (Lipinski definition) is 9. The van der Waals surface area contributed by atoms with E-state index in [0.717, 1.165) is 30.0 Å². The smallest absolute Gasteiger partial charge is 0.417 e. The van der Waals surface area contributed by atoms with Gasteiger partial charge in [-0.3, -0.25) is 19.7 Å². The Kier molecular flexibility index (Phi) is 8.32. The molecule has 0 bridgehead atoms. The number of carbonyl (C=O) groups is 3. The molecule has 0 saturated carbocycles. The molecule has 1 aromatic carbocycles. The topological polar surface area (TPSA) is 141 Å². The molecule has 0 atom stereocenters. The SMILES string of the molecule is O=C(CSc1ncccc1C(=O)OCC(=O)c1cccc([N+](=O)[O-])c1)Nc1ccc(C(F)(F)F)cn1. The van der Waals surface area contributed by atoms with Crippen LogP contribution in [0.15, 0.2) is 66.0 Å². The molecule has 0 aliphatic rings. The zero-order valence-electron chi connectivity index (χ0n) is 18.0. The first-order valence-corrected chi connectivity index (χ1v) is 10.9. The van der Waals surface area contributed by atoms with E-state index < -0.39 is 40.9 Å². The van der Waals surface area contributed by atoms with Crippen molar-refractivity contribution in [2.75, 3.05) is 17.7 Å². The number of nitrogens with zero attached hydrogens (tertiary/aromatic N) is 3. The molecule has 0 radical (unpaired) electrons. The van der Waals surface area contributed by atoms with E-state index in [9.17, 15) is 37.7 Å². The summed E-state index contributed by atoms with van der Waals surface area (Å²) >= 11 is 0.854. The fraction of sp³-hybridized carbons (Fsp3) is 0.136. The van der Waals surface area contributed by atoms with Gasteiger partial charge in [-0.05, 0) is 24.3 Å². The highest BCUT2D eigenvalue weighted by atomic mass is 32.2. The number of nitro groups is 1. The number of alkyl halides is 3. The number of benzene rings is 1. The third-order valence-electron chi connectivity index (χ3n) is 4.40. The highest BCUT2D eigenvalue weighted by Crippen LogP contribution is 2.29. The number of carbonyl (C=O) groups excluding carboxylic acids is 3. The Morgan fingerprint density at radius 1 is 1.08 bits per heavy atom. The average Bonchev–Trinajstić information content (AvgIpc) is 2.86. The lowest BCUT2D eigenvalue weighted by molar-refractivity contribution is -0.384. The summed E-state index contributed by atoms with van der Waals surface area (Å²) in [6.07, 6.45) is -2.60. The van der Waals surface area contributed by atoms with Crippen LogP contribution >= 0.6 is 11.8 Å². The van der Waals surface area contributed by atoms with E-state index in [0.29, 0.717) is 6.20 Å². The highest BCUT2D eigenvalue weighted by molar-refractivity contribution is 8.00. The van der Waals surface area contributed by atoms with E-state index in [1.54, 1.807) is 0 Å². The molecular weight excluding hydrogens is 505 g/mol. The van der Waals surface area contributed by atoms with Gasteiger partial charge in [0.05, 0.1) is 21.8 Å². The number of pyridine rings is 2. The van der Waals surface area contributed by atoms with Crippen molar-refractivity contribution in [3.63, 3.8) is 0 Å². The lowest BCUT2D eigenvalue weighted by Gasteiger charge is -2.09. The van der Waals surface area contributed by atoms with Gasteiger partial charge in [0, 0.05) is 30.1 Å². The van der Waals surface area contributed by atoms with E-state index in [1.165, 1.54) is 36.5 Å². The molecule has 0 saturated heterocycles. The van der Waals surface area contributed by atoms with E-state index >= 15 is 0 Å². The van der Waals surface area contributed by atoms with Gasteiger partial charge in [-0.15, -0.1) is 0 Å². The first-order valence-electron chi connectivity index (χ1n) is 9.90. The van der Waals surface area contributed by atoms with Crippen molar-refractivity contribution in [3.05, 3.63) is 87.7 Å². The lowest BCUT2D eigenvalue weighted by atomic mass is 10.1. The minimum Gasteiger partial charge on any atom is -0.454 e. The second-order valence-corrected chi connectivity index (χ2v) is 7.89. The summed E-state index contributed by atoms with van der Waals surface area (Å²) in [5.74, 6) is -2.53. The van der Waals surface area contributed by atoms with Crippen LogP contribution in [0.1, 0.15) is 26.3 Å². The van der Waals surface area contributed by atoms with Crippen LogP contribution in [0.5, 0.6) is 0 Å². The molecule has 1 N–H and O–H groups in total. The molecule has 0 spiro atoms. The van der Waals surface area contributed by atoms with E-state index in [4.69, 9.17) is 4.74 Å². The number of nitrogens with one attached hydrogen (secondary N) is 1. The largest absolute Gasteiger partial charge is 0.454 e. The Morgan fingerprint density at radius 3 is 2.53 bits per heavy atom. The predicted octanol–water partition coefficient (Wildman–Crippen LogP) is 4.17. The zero-order chi connectivity index (χ0) is 26.3. The predicted molar refractivity (Wildman–Crippen MR) is 121 cm³/mol. The van der Waals surface area contributed by atoms with Crippen molar-refractivity contribution >= 4 is 40.9 Å². The normalized spacial score (nSPS) is 11.0. The molecule has 0 aliphatic heterocycles. The van der Waals surface area contributed by atoms with Crippen molar-refractivity contribution < 1.29 is 37.2 Å². The van der Waals surface area contributed by atoms with Crippen molar-refractivity contribution in [2.45, 2.75) is 11.2 Å². The summed E-state index contributed by atoms with van der Waals surface area (Å²) in [6.45, 7) is -0.681. The Morgan fingerprint density at radius 2 is 1.86 bits per heavy atom. The molecule has 2 aromatic heterocycles. The van der Waals surface area contributed by atoms with Gasteiger partial charge in [-0.25, -0.2) is 14.8 Å². The van der Waals surface area contributed by atoms with Crippen molar-refractivity contribution in [1.29, 1.82) is 0 Å². The number of nitro benzene ring substituents is 1. The number of hydrogen-bond donors (Lipinski definition) is 1. The van der Waals surface area contributed by atoms with Crippen LogP contribution in [0.4, 0.5) is 24.7 Å². The second-order valence-electron chi connectivity index (χ2n) is 6.93. The van der Waals surface area contributed by atoms with Gasteiger partial charge < -0.3 is 10.1 Å². The monoisotopic (exact) mass is 520 g/mol. The molecular formula is C22H15F3N4O6S. The van der Waals surface area contributed by atoms with Gasteiger partial charge in [-0.1, -0.05) is 23.9 Å². The summed E-state index contributed by atoms with van der Waals surface area (Å²) in [5, 5.41) is 13.3. The number of anilines is 1. The summed E-state index contributed by atoms with van der Waals surface area (Å²) in [7, 11) is 0. The Bertz CT molecular complexity index is 1300. The fourth-order valence-electron chi connectivity index (χ4n) is 2.69. The van der Waals surface area contributed by atoms with Gasteiger partial charge in [0.15, 0.2) is 6.61 Å². The Labute approximate surface area is 205 Å². The Balaban J connectivity index is 1.57. The quantitative estimate of drug-likeness (QED) is 0.145. The van der Waals surface area contributed by atoms with Crippen molar-refractivity contribution in [2.24, 2.45) is 0 Å². The summed E-state index contributed by atoms with van der Waals surface area (Å²) in [6, 6.07) is 9.54. The molecule has 36 heavy (non-hydrogen) atoms. The highest BCUT2D eigenvalue weighted by Gasteiger charge is 2.30. The molecule has 0 unspecified atom stereocenters. The molecule has 14 heteroatoms. The number of halogens is 3. The van der Waals surface area contributed by atoms with Crippen molar-refractivity contribution in [3.8, 4) is 0 Å². The molecule has 2 heterocycles. The first-order chi connectivity index (χ1) is 17.0. The zero-order valence-corrected chi connectivity index (χ0v) is 18.8. The summed E-state index contributed by atoms with van der Waals surface area (Å²) in [5.41, 5.74) is -1.29. The average molecular weight is 520 g/mol. The van der Waals surface area contributed by atoms with Gasteiger partial charge in [0.2, 0.25) is 11.7 Å². The molecule has 0 fully saturated rings. The van der Waals surface area contributed by atoms with Crippen LogP contribution in [0.2, 0.25) is 0 Å². The maximum Gasteiger partial charge on any atom is 0.417 e. The number of ether oxygens (including phenoxy) is 1. The van der Waals surface area contributed by atoms with E-state index in [1.807, 2.05) is 0 Å². The minimum atomic E-state index is -4.56. The number of non-ortho nitro benzene ring substituents is 1. The molecule has 0 aliphatic carbocycles. The third kappa shape index (κ3) is 7.09.